The monoisotopic (exact) mass is 303 g/mol. The first-order valence-electron chi connectivity index (χ1n) is 7.71. The normalized spacial score (nSPS) is 21.4. The SMILES string of the molecule is C[C@H](CNC(=O)N[C@@H]1C=C[C@H](CO)C1)N(C)c1ccccc1. The molecule has 0 unspecified atom stereocenters. The van der Waals surface area contributed by atoms with Gasteiger partial charge in [-0.1, -0.05) is 30.4 Å². The summed E-state index contributed by atoms with van der Waals surface area (Å²) in [4.78, 5) is 14.1. The summed E-state index contributed by atoms with van der Waals surface area (Å²) in [6.45, 7) is 2.77. The topological polar surface area (TPSA) is 64.6 Å². The second kappa shape index (κ2) is 7.84. The van der Waals surface area contributed by atoms with Gasteiger partial charge in [0.1, 0.15) is 0 Å². The molecule has 120 valence electrons. The van der Waals surface area contributed by atoms with Gasteiger partial charge in [0.15, 0.2) is 0 Å². The molecule has 0 aromatic heterocycles. The zero-order valence-corrected chi connectivity index (χ0v) is 13.2. The second-order valence-electron chi connectivity index (χ2n) is 5.82. The number of aliphatic hydroxyl groups excluding tert-OH is 1. The van der Waals surface area contributed by atoms with Crippen molar-refractivity contribution in [1.82, 2.24) is 10.6 Å². The van der Waals surface area contributed by atoms with Crippen LogP contribution in [0, 0.1) is 5.92 Å². The van der Waals surface area contributed by atoms with E-state index in [2.05, 4.69) is 34.6 Å². The first-order valence-corrected chi connectivity index (χ1v) is 7.71. The number of carbonyl (C=O) groups is 1. The lowest BCUT2D eigenvalue weighted by molar-refractivity contribution is 0.231. The van der Waals surface area contributed by atoms with Crippen molar-refractivity contribution >= 4 is 11.7 Å². The molecule has 1 aliphatic rings. The molecule has 22 heavy (non-hydrogen) atoms. The molecule has 1 aromatic rings. The van der Waals surface area contributed by atoms with E-state index in [9.17, 15) is 4.79 Å². The Morgan fingerprint density at radius 3 is 2.73 bits per heavy atom. The fourth-order valence-corrected chi connectivity index (χ4v) is 2.53. The van der Waals surface area contributed by atoms with Gasteiger partial charge in [0.2, 0.25) is 0 Å². The number of likely N-dealkylation sites (N-methyl/N-ethyl adjacent to an activating group) is 1. The van der Waals surface area contributed by atoms with Crippen LogP contribution in [0.25, 0.3) is 0 Å². The number of hydrogen-bond acceptors (Lipinski definition) is 3. The third-order valence-corrected chi connectivity index (χ3v) is 4.11. The number of anilines is 1. The third kappa shape index (κ3) is 4.49. The number of para-hydroxylation sites is 1. The molecule has 3 atom stereocenters. The summed E-state index contributed by atoms with van der Waals surface area (Å²) >= 11 is 0. The van der Waals surface area contributed by atoms with Crippen molar-refractivity contribution in [2.75, 3.05) is 25.1 Å². The zero-order valence-electron chi connectivity index (χ0n) is 13.2. The Morgan fingerprint density at radius 2 is 2.09 bits per heavy atom. The van der Waals surface area contributed by atoms with Crippen molar-refractivity contribution in [2.24, 2.45) is 5.92 Å². The standard InChI is InChI=1S/C17H25N3O2/c1-13(20(2)16-6-4-3-5-7-16)11-18-17(22)19-15-9-8-14(10-15)12-21/h3-9,13-15,21H,10-12H2,1-2H3,(H2,18,19,22)/t13-,14+,15-/m1/s1. The third-order valence-electron chi connectivity index (χ3n) is 4.11. The molecule has 0 fully saturated rings. The summed E-state index contributed by atoms with van der Waals surface area (Å²) in [7, 11) is 2.02. The van der Waals surface area contributed by atoms with Gasteiger partial charge in [0, 0.05) is 43.9 Å². The zero-order chi connectivity index (χ0) is 15.9. The molecule has 0 saturated carbocycles. The Hall–Kier alpha value is -2.01. The van der Waals surface area contributed by atoms with Crippen LogP contribution in [0.1, 0.15) is 13.3 Å². The van der Waals surface area contributed by atoms with Crippen molar-refractivity contribution in [1.29, 1.82) is 0 Å². The molecular formula is C17H25N3O2. The van der Waals surface area contributed by atoms with Crippen molar-refractivity contribution in [3.8, 4) is 0 Å². The molecule has 2 amide bonds. The van der Waals surface area contributed by atoms with E-state index in [4.69, 9.17) is 5.11 Å². The fourth-order valence-electron chi connectivity index (χ4n) is 2.53. The Bertz CT molecular complexity index is 504. The molecule has 5 heteroatoms. The number of amides is 2. The van der Waals surface area contributed by atoms with E-state index in [0.29, 0.717) is 6.54 Å². The number of hydrogen-bond donors (Lipinski definition) is 3. The molecule has 0 saturated heterocycles. The average molecular weight is 303 g/mol. The minimum atomic E-state index is -0.165. The van der Waals surface area contributed by atoms with E-state index in [1.807, 2.05) is 37.4 Å². The van der Waals surface area contributed by atoms with Crippen LogP contribution in [0.15, 0.2) is 42.5 Å². The maximum atomic E-state index is 11.9. The van der Waals surface area contributed by atoms with Gasteiger partial charge in [0.05, 0.1) is 0 Å². The van der Waals surface area contributed by atoms with Gasteiger partial charge >= 0.3 is 6.03 Å². The van der Waals surface area contributed by atoms with E-state index in [-0.39, 0.29) is 30.6 Å². The molecule has 0 heterocycles. The van der Waals surface area contributed by atoms with Crippen LogP contribution >= 0.6 is 0 Å². The van der Waals surface area contributed by atoms with E-state index in [0.717, 1.165) is 12.1 Å². The maximum Gasteiger partial charge on any atom is 0.315 e. The number of aliphatic hydroxyl groups is 1. The number of rotatable bonds is 6. The highest BCUT2D eigenvalue weighted by Crippen LogP contribution is 2.17. The predicted octanol–water partition coefficient (Wildman–Crippen LogP) is 1.75. The van der Waals surface area contributed by atoms with Crippen LogP contribution in [0.3, 0.4) is 0 Å². The van der Waals surface area contributed by atoms with Crippen molar-refractivity contribution in [3.63, 3.8) is 0 Å². The Labute approximate surface area is 132 Å². The quantitative estimate of drug-likeness (QED) is 0.702. The Kier molecular flexibility index (Phi) is 5.83. The Balaban J connectivity index is 1.73. The molecule has 0 radical (unpaired) electrons. The lowest BCUT2D eigenvalue weighted by atomic mass is 10.1. The van der Waals surface area contributed by atoms with Crippen LogP contribution in [0.5, 0.6) is 0 Å². The van der Waals surface area contributed by atoms with Crippen LogP contribution in [0.2, 0.25) is 0 Å². The molecule has 0 bridgehead atoms. The van der Waals surface area contributed by atoms with Crippen LogP contribution in [-0.4, -0.2) is 43.4 Å². The molecule has 1 aromatic carbocycles. The average Bonchev–Trinajstić information content (AvgIpc) is 3.00. The van der Waals surface area contributed by atoms with Crippen LogP contribution in [-0.2, 0) is 0 Å². The minimum absolute atomic E-state index is 0.0132. The highest BCUT2D eigenvalue weighted by atomic mass is 16.3. The summed E-state index contributed by atoms with van der Waals surface area (Å²) in [5.74, 6) is 0.161. The molecule has 2 rings (SSSR count). The van der Waals surface area contributed by atoms with E-state index in [1.54, 1.807) is 0 Å². The van der Waals surface area contributed by atoms with Gasteiger partial charge in [0.25, 0.3) is 0 Å². The highest BCUT2D eigenvalue weighted by molar-refractivity contribution is 5.74. The molecular weight excluding hydrogens is 278 g/mol. The molecule has 3 N–H and O–H groups in total. The largest absolute Gasteiger partial charge is 0.396 e. The molecule has 1 aliphatic carbocycles. The van der Waals surface area contributed by atoms with E-state index in [1.165, 1.54) is 0 Å². The van der Waals surface area contributed by atoms with Gasteiger partial charge in [-0.3, -0.25) is 0 Å². The summed E-state index contributed by atoms with van der Waals surface area (Å²) in [6.07, 6.45) is 4.67. The number of nitrogens with zero attached hydrogens (tertiary/aromatic N) is 1. The first kappa shape index (κ1) is 16.4. The lowest BCUT2D eigenvalue weighted by Gasteiger charge is -2.27. The summed E-state index contributed by atoms with van der Waals surface area (Å²) in [5, 5.41) is 14.9. The number of benzene rings is 1. The van der Waals surface area contributed by atoms with Gasteiger partial charge in [-0.2, -0.15) is 0 Å². The van der Waals surface area contributed by atoms with Gasteiger partial charge in [-0.15, -0.1) is 0 Å². The molecule has 0 aliphatic heterocycles. The van der Waals surface area contributed by atoms with Crippen LogP contribution < -0.4 is 15.5 Å². The number of carbonyl (C=O) groups excluding carboxylic acids is 1. The summed E-state index contributed by atoms with van der Waals surface area (Å²) < 4.78 is 0. The van der Waals surface area contributed by atoms with Crippen LogP contribution in [0.4, 0.5) is 10.5 Å². The number of nitrogens with one attached hydrogen (secondary N) is 2. The second-order valence-corrected chi connectivity index (χ2v) is 5.82. The first-order chi connectivity index (χ1) is 10.6. The van der Waals surface area contributed by atoms with Gasteiger partial charge in [-0.05, 0) is 25.5 Å². The summed E-state index contributed by atoms with van der Waals surface area (Å²) in [5.41, 5.74) is 1.13. The lowest BCUT2D eigenvalue weighted by Crippen LogP contribution is -2.46. The highest BCUT2D eigenvalue weighted by Gasteiger charge is 2.20. The van der Waals surface area contributed by atoms with Crippen molar-refractivity contribution in [3.05, 3.63) is 42.5 Å². The Morgan fingerprint density at radius 1 is 1.36 bits per heavy atom. The minimum Gasteiger partial charge on any atom is -0.396 e. The molecule has 0 spiro atoms. The van der Waals surface area contributed by atoms with E-state index < -0.39 is 0 Å². The van der Waals surface area contributed by atoms with Gasteiger partial charge < -0.3 is 20.6 Å². The number of urea groups is 1. The van der Waals surface area contributed by atoms with Crippen molar-refractivity contribution < 1.29 is 9.90 Å². The van der Waals surface area contributed by atoms with E-state index >= 15 is 0 Å². The predicted molar refractivity (Wildman–Crippen MR) is 89.0 cm³/mol. The maximum absolute atomic E-state index is 11.9. The molecule has 5 nitrogen and oxygen atoms in total. The van der Waals surface area contributed by atoms with Crippen molar-refractivity contribution in [2.45, 2.75) is 25.4 Å². The summed E-state index contributed by atoms with van der Waals surface area (Å²) in [6, 6.07) is 10.1. The smallest absolute Gasteiger partial charge is 0.315 e. The fraction of sp³-hybridized carbons (Fsp3) is 0.471. The van der Waals surface area contributed by atoms with Gasteiger partial charge in [-0.25, -0.2) is 4.79 Å².